The Bertz CT molecular complexity index is 644. The van der Waals surface area contributed by atoms with Gasteiger partial charge in [-0.1, -0.05) is 5.16 Å². The molecule has 0 radical (unpaired) electrons. The Hall–Kier alpha value is -2.02. The maximum absolute atomic E-state index is 5.11. The molecule has 2 aromatic rings. The lowest BCUT2D eigenvalue weighted by molar-refractivity contribution is 0.255. The van der Waals surface area contributed by atoms with Crippen LogP contribution in [0.1, 0.15) is 17.1 Å². The van der Waals surface area contributed by atoms with E-state index in [4.69, 9.17) is 4.52 Å². The SMILES string of the molecule is Cc1ncnc(N2CC3CN(Cc4ncno4)CC3C2)c1C. The van der Waals surface area contributed by atoms with Crippen molar-refractivity contribution < 1.29 is 4.52 Å². The van der Waals surface area contributed by atoms with Crippen LogP contribution in [0.2, 0.25) is 0 Å². The number of nitrogens with zero attached hydrogens (tertiary/aromatic N) is 6. The smallest absolute Gasteiger partial charge is 0.240 e. The third-order valence-corrected chi connectivity index (χ3v) is 4.94. The van der Waals surface area contributed by atoms with E-state index in [0.717, 1.165) is 44.2 Å². The maximum Gasteiger partial charge on any atom is 0.240 e. The van der Waals surface area contributed by atoms with Gasteiger partial charge in [0.2, 0.25) is 5.89 Å². The van der Waals surface area contributed by atoms with E-state index in [1.807, 2.05) is 6.92 Å². The molecule has 2 saturated heterocycles. The number of rotatable bonds is 3. The summed E-state index contributed by atoms with van der Waals surface area (Å²) in [6.07, 6.45) is 3.14. The first-order chi connectivity index (χ1) is 10.7. The third kappa shape index (κ3) is 2.35. The molecule has 0 aliphatic carbocycles. The lowest BCUT2D eigenvalue weighted by Gasteiger charge is -2.23. The Kier molecular flexibility index (Phi) is 3.29. The summed E-state index contributed by atoms with van der Waals surface area (Å²) in [7, 11) is 0. The fraction of sp³-hybridized carbons (Fsp3) is 0.600. The Balaban J connectivity index is 1.42. The lowest BCUT2D eigenvalue weighted by atomic mass is 10.0. The zero-order chi connectivity index (χ0) is 15.1. The molecule has 4 rings (SSSR count). The first-order valence-corrected chi connectivity index (χ1v) is 7.71. The monoisotopic (exact) mass is 300 g/mol. The zero-order valence-electron chi connectivity index (χ0n) is 12.9. The summed E-state index contributed by atoms with van der Waals surface area (Å²) < 4.78 is 5.11. The molecule has 0 bridgehead atoms. The molecule has 2 unspecified atom stereocenters. The number of hydrogen-bond donors (Lipinski definition) is 0. The molecule has 2 aliphatic rings. The van der Waals surface area contributed by atoms with E-state index in [2.05, 4.69) is 36.8 Å². The van der Waals surface area contributed by atoms with Gasteiger partial charge in [-0.2, -0.15) is 4.98 Å². The van der Waals surface area contributed by atoms with Crippen molar-refractivity contribution >= 4 is 5.82 Å². The van der Waals surface area contributed by atoms with Crippen molar-refractivity contribution in [1.82, 2.24) is 25.0 Å². The summed E-state index contributed by atoms with van der Waals surface area (Å²) in [4.78, 5) is 17.7. The van der Waals surface area contributed by atoms with Crippen molar-refractivity contribution in [2.45, 2.75) is 20.4 Å². The van der Waals surface area contributed by atoms with Crippen LogP contribution >= 0.6 is 0 Å². The first-order valence-electron chi connectivity index (χ1n) is 7.71. The van der Waals surface area contributed by atoms with E-state index in [-0.39, 0.29) is 0 Å². The van der Waals surface area contributed by atoms with Crippen molar-refractivity contribution in [3.8, 4) is 0 Å². The van der Waals surface area contributed by atoms with Crippen LogP contribution in [-0.2, 0) is 6.54 Å². The van der Waals surface area contributed by atoms with Gasteiger partial charge in [-0.25, -0.2) is 9.97 Å². The predicted octanol–water partition coefficient (Wildman–Crippen LogP) is 1.04. The number of aromatic nitrogens is 4. The molecule has 2 fully saturated rings. The van der Waals surface area contributed by atoms with Crippen molar-refractivity contribution in [2.24, 2.45) is 11.8 Å². The first kappa shape index (κ1) is 13.6. The van der Waals surface area contributed by atoms with Crippen LogP contribution in [0.4, 0.5) is 5.82 Å². The maximum atomic E-state index is 5.11. The number of hydrogen-bond acceptors (Lipinski definition) is 7. The molecular weight excluding hydrogens is 280 g/mol. The van der Waals surface area contributed by atoms with Gasteiger partial charge in [-0.05, 0) is 25.7 Å². The van der Waals surface area contributed by atoms with Gasteiger partial charge in [0.1, 0.15) is 12.1 Å². The minimum atomic E-state index is 0.692. The molecule has 0 amide bonds. The molecule has 2 aliphatic heterocycles. The van der Waals surface area contributed by atoms with Gasteiger partial charge < -0.3 is 9.42 Å². The van der Waals surface area contributed by atoms with E-state index < -0.39 is 0 Å². The van der Waals surface area contributed by atoms with Crippen LogP contribution in [0.25, 0.3) is 0 Å². The molecule has 0 N–H and O–H groups in total. The summed E-state index contributed by atoms with van der Waals surface area (Å²) in [6, 6.07) is 0. The van der Waals surface area contributed by atoms with E-state index in [0.29, 0.717) is 17.7 Å². The molecule has 0 aromatic carbocycles. The van der Waals surface area contributed by atoms with Gasteiger partial charge in [-0.3, -0.25) is 4.90 Å². The lowest BCUT2D eigenvalue weighted by Crippen LogP contribution is -2.29. The fourth-order valence-electron chi connectivity index (χ4n) is 3.69. The van der Waals surface area contributed by atoms with Gasteiger partial charge >= 0.3 is 0 Å². The van der Waals surface area contributed by atoms with E-state index >= 15 is 0 Å². The van der Waals surface area contributed by atoms with Crippen LogP contribution in [0, 0.1) is 25.7 Å². The second-order valence-corrected chi connectivity index (χ2v) is 6.36. The van der Waals surface area contributed by atoms with Crippen LogP contribution in [0.5, 0.6) is 0 Å². The van der Waals surface area contributed by atoms with Crippen molar-refractivity contribution in [3.05, 3.63) is 29.8 Å². The highest BCUT2D eigenvalue weighted by atomic mass is 16.5. The van der Waals surface area contributed by atoms with E-state index in [1.54, 1.807) is 6.33 Å². The standard InChI is InChI=1S/C15H20N6O/c1-10-11(2)16-8-18-15(10)21-5-12-3-20(4-13(12)6-21)7-14-17-9-19-22-14/h8-9,12-13H,3-7H2,1-2H3. The number of fused-ring (bicyclic) bond motifs is 1. The Labute approximate surface area is 129 Å². The molecular formula is C15H20N6O. The van der Waals surface area contributed by atoms with Gasteiger partial charge in [0.25, 0.3) is 0 Å². The van der Waals surface area contributed by atoms with Gasteiger partial charge in [0.15, 0.2) is 6.33 Å². The Morgan fingerprint density at radius 1 is 1.05 bits per heavy atom. The van der Waals surface area contributed by atoms with Crippen LogP contribution in [0.15, 0.2) is 17.2 Å². The highest BCUT2D eigenvalue weighted by Gasteiger charge is 2.41. The summed E-state index contributed by atoms with van der Waals surface area (Å²) in [6.45, 7) is 9.24. The summed E-state index contributed by atoms with van der Waals surface area (Å²) >= 11 is 0. The highest BCUT2D eigenvalue weighted by Crippen LogP contribution is 2.34. The van der Waals surface area contributed by atoms with Crippen LogP contribution in [0.3, 0.4) is 0 Å². The molecule has 0 saturated carbocycles. The molecule has 2 atom stereocenters. The molecule has 0 spiro atoms. The minimum Gasteiger partial charge on any atom is -0.356 e. The Morgan fingerprint density at radius 3 is 2.50 bits per heavy atom. The van der Waals surface area contributed by atoms with Crippen LogP contribution < -0.4 is 4.90 Å². The molecule has 7 nitrogen and oxygen atoms in total. The average Bonchev–Trinajstić information content (AvgIpc) is 3.18. The van der Waals surface area contributed by atoms with Gasteiger partial charge in [-0.15, -0.1) is 0 Å². The number of aryl methyl sites for hydroxylation is 1. The summed E-state index contributed by atoms with van der Waals surface area (Å²) in [5.74, 6) is 3.19. The van der Waals surface area contributed by atoms with E-state index in [1.165, 1.54) is 11.9 Å². The highest BCUT2D eigenvalue weighted by molar-refractivity contribution is 5.48. The number of likely N-dealkylation sites (tertiary alicyclic amines) is 1. The van der Waals surface area contributed by atoms with Crippen molar-refractivity contribution in [1.29, 1.82) is 0 Å². The van der Waals surface area contributed by atoms with Crippen LogP contribution in [-0.4, -0.2) is 51.2 Å². The van der Waals surface area contributed by atoms with Gasteiger partial charge in [0.05, 0.1) is 6.54 Å². The molecule has 116 valence electrons. The average molecular weight is 300 g/mol. The quantitative estimate of drug-likeness (QED) is 0.838. The van der Waals surface area contributed by atoms with Gasteiger partial charge in [0, 0.05) is 37.4 Å². The second-order valence-electron chi connectivity index (χ2n) is 6.36. The van der Waals surface area contributed by atoms with Crippen molar-refractivity contribution in [3.63, 3.8) is 0 Å². The molecule has 2 aromatic heterocycles. The van der Waals surface area contributed by atoms with E-state index in [9.17, 15) is 0 Å². The number of anilines is 1. The molecule has 4 heterocycles. The normalized spacial score (nSPS) is 24.9. The Morgan fingerprint density at radius 2 is 1.82 bits per heavy atom. The zero-order valence-corrected chi connectivity index (χ0v) is 12.9. The van der Waals surface area contributed by atoms with Crippen molar-refractivity contribution in [2.75, 3.05) is 31.1 Å². The predicted molar refractivity (Wildman–Crippen MR) is 80.3 cm³/mol. The second kappa shape index (κ2) is 5.31. The largest absolute Gasteiger partial charge is 0.356 e. The summed E-state index contributed by atoms with van der Waals surface area (Å²) in [5.41, 5.74) is 2.27. The molecule has 22 heavy (non-hydrogen) atoms. The third-order valence-electron chi connectivity index (χ3n) is 4.94. The topological polar surface area (TPSA) is 71.2 Å². The fourth-order valence-corrected chi connectivity index (χ4v) is 3.69. The minimum absolute atomic E-state index is 0.692. The molecule has 7 heteroatoms. The summed E-state index contributed by atoms with van der Waals surface area (Å²) in [5, 5.41) is 3.67.